The van der Waals surface area contributed by atoms with Gasteiger partial charge in [-0.15, -0.1) is 0 Å². The second-order valence-electron chi connectivity index (χ2n) is 7.26. The molecule has 1 aromatic heterocycles. The Morgan fingerprint density at radius 2 is 2.00 bits per heavy atom. The zero-order valence-electron chi connectivity index (χ0n) is 18.0. The fourth-order valence-corrected chi connectivity index (χ4v) is 2.92. The van der Waals surface area contributed by atoms with Crippen LogP contribution >= 0.6 is 0 Å². The molecule has 0 saturated heterocycles. The third-order valence-electron chi connectivity index (χ3n) is 4.74. The van der Waals surface area contributed by atoms with Gasteiger partial charge in [-0.05, 0) is 62.9 Å². The van der Waals surface area contributed by atoms with Crippen molar-refractivity contribution in [1.29, 1.82) is 0 Å². The van der Waals surface area contributed by atoms with Gasteiger partial charge in [-0.3, -0.25) is 9.59 Å². The molecule has 0 aliphatic heterocycles. The van der Waals surface area contributed by atoms with Crippen molar-refractivity contribution in [2.24, 2.45) is 0 Å². The van der Waals surface area contributed by atoms with Gasteiger partial charge < -0.3 is 9.73 Å². The monoisotopic (exact) mass is 399 g/mol. The summed E-state index contributed by atoms with van der Waals surface area (Å²) in [6, 6.07) is 1.78. The maximum absolute atomic E-state index is 12.7. The summed E-state index contributed by atoms with van der Waals surface area (Å²) in [6.07, 6.45) is 15.7. The molecule has 1 atom stereocenters. The van der Waals surface area contributed by atoms with Gasteiger partial charge in [-0.1, -0.05) is 51.0 Å². The number of aryl methyl sites for hydroxylation is 1. The minimum absolute atomic E-state index is 0.0223. The first-order valence-corrected chi connectivity index (χ1v) is 10.3. The minimum atomic E-state index is -0.588. The molecule has 0 aromatic carbocycles. The van der Waals surface area contributed by atoms with Crippen LogP contribution in [0.5, 0.6) is 0 Å². The fourth-order valence-electron chi connectivity index (χ4n) is 2.92. The molecule has 5 heteroatoms. The van der Waals surface area contributed by atoms with Gasteiger partial charge in [0.1, 0.15) is 11.3 Å². The van der Waals surface area contributed by atoms with E-state index in [2.05, 4.69) is 12.2 Å². The van der Waals surface area contributed by atoms with E-state index < -0.39 is 5.63 Å². The van der Waals surface area contributed by atoms with Crippen molar-refractivity contribution in [2.45, 2.75) is 72.1 Å². The molecule has 1 aromatic rings. The average molecular weight is 400 g/mol. The summed E-state index contributed by atoms with van der Waals surface area (Å²) in [7, 11) is 0. The Bertz CT molecular complexity index is 815. The van der Waals surface area contributed by atoms with Crippen LogP contribution in [0.3, 0.4) is 0 Å². The fraction of sp³-hybridized carbons (Fsp3) is 0.458. The number of hydrogen-bond acceptors (Lipinski definition) is 4. The van der Waals surface area contributed by atoms with Crippen molar-refractivity contribution in [3.63, 3.8) is 0 Å². The first kappa shape index (κ1) is 24.3. The molecule has 29 heavy (non-hydrogen) atoms. The number of amides is 1. The van der Waals surface area contributed by atoms with Gasteiger partial charge in [0.15, 0.2) is 5.78 Å². The van der Waals surface area contributed by atoms with Crippen LogP contribution in [0, 0.1) is 6.92 Å². The second-order valence-corrected chi connectivity index (χ2v) is 7.26. The van der Waals surface area contributed by atoms with Gasteiger partial charge in [0.25, 0.3) is 0 Å². The zero-order valence-corrected chi connectivity index (χ0v) is 18.0. The number of unbranched alkanes of at least 4 members (excludes halogenated alkanes) is 3. The molecule has 1 rings (SSSR count). The second kappa shape index (κ2) is 13.5. The molecule has 0 spiro atoms. The first-order valence-electron chi connectivity index (χ1n) is 10.3. The van der Waals surface area contributed by atoms with E-state index in [1.165, 1.54) is 12.8 Å². The molecular weight excluding hydrogens is 366 g/mol. The van der Waals surface area contributed by atoms with Crippen LogP contribution in [0.25, 0.3) is 0 Å². The summed E-state index contributed by atoms with van der Waals surface area (Å²) >= 11 is 0. The summed E-state index contributed by atoms with van der Waals surface area (Å²) < 4.78 is 5.45. The van der Waals surface area contributed by atoms with Gasteiger partial charge in [0.05, 0.1) is 0 Å². The molecular formula is C24H33NO4. The number of allylic oxidation sites excluding steroid dienone is 5. The van der Waals surface area contributed by atoms with Crippen molar-refractivity contribution in [1.82, 2.24) is 5.32 Å². The molecule has 0 radical (unpaired) electrons. The van der Waals surface area contributed by atoms with Crippen molar-refractivity contribution in [3.8, 4) is 0 Å². The van der Waals surface area contributed by atoms with E-state index in [0.29, 0.717) is 23.3 Å². The lowest BCUT2D eigenvalue weighted by Gasteiger charge is -2.11. The summed E-state index contributed by atoms with van der Waals surface area (Å²) in [4.78, 5) is 35.4. The minimum Gasteiger partial charge on any atom is -0.427 e. The van der Waals surface area contributed by atoms with Crippen LogP contribution in [-0.4, -0.2) is 12.2 Å². The van der Waals surface area contributed by atoms with Crippen LogP contribution in [0.4, 0.5) is 0 Å². The maximum atomic E-state index is 12.7. The van der Waals surface area contributed by atoms with Gasteiger partial charge in [-0.25, -0.2) is 4.79 Å². The van der Waals surface area contributed by atoms with E-state index in [1.807, 2.05) is 25.2 Å². The first-order chi connectivity index (χ1) is 13.9. The highest BCUT2D eigenvalue weighted by molar-refractivity contribution is 6.09. The third kappa shape index (κ3) is 8.46. The van der Waals surface area contributed by atoms with Crippen molar-refractivity contribution in [3.05, 3.63) is 69.5 Å². The number of rotatable bonds is 13. The van der Waals surface area contributed by atoms with Crippen LogP contribution in [0.2, 0.25) is 0 Å². The van der Waals surface area contributed by atoms with Gasteiger partial charge in [-0.2, -0.15) is 0 Å². The highest BCUT2D eigenvalue weighted by Crippen LogP contribution is 2.22. The topological polar surface area (TPSA) is 76.4 Å². The Morgan fingerprint density at radius 1 is 1.24 bits per heavy atom. The number of carbonyl (C=O) groups is 2. The van der Waals surface area contributed by atoms with E-state index >= 15 is 0 Å². The number of ketones is 1. The van der Waals surface area contributed by atoms with E-state index in [4.69, 9.17) is 4.42 Å². The van der Waals surface area contributed by atoms with Crippen molar-refractivity contribution >= 4 is 12.2 Å². The van der Waals surface area contributed by atoms with E-state index in [1.54, 1.807) is 32.2 Å². The quantitative estimate of drug-likeness (QED) is 0.159. The standard InChI is InChI=1S/C24H33NO4/c1-5-6-7-8-9-10-14-19(3)23(27)22-20(4)16-21(29-24(22)28)18(2)13-11-12-15-25-17-26/h9-10,12,14-18H,5-8,11,13H2,1-4H3,(H,25,26). The van der Waals surface area contributed by atoms with Crippen LogP contribution in [0.1, 0.15) is 86.9 Å². The molecule has 0 bridgehead atoms. The van der Waals surface area contributed by atoms with Crippen LogP contribution in [0.15, 0.2) is 51.4 Å². The largest absolute Gasteiger partial charge is 0.427 e. The lowest BCUT2D eigenvalue weighted by molar-refractivity contribution is -0.108. The molecule has 0 aliphatic rings. The van der Waals surface area contributed by atoms with Gasteiger partial charge in [0, 0.05) is 5.92 Å². The Balaban J connectivity index is 2.84. The molecule has 1 heterocycles. The normalized spacial score (nSPS) is 13.2. The SMILES string of the molecule is CCCCCC=CC=C(C)C(=O)c1c(C)cc(C(C)CCC=CNC=O)oc1=O. The zero-order chi connectivity index (χ0) is 21.6. The molecule has 158 valence electrons. The summed E-state index contributed by atoms with van der Waals surface area (Å²) in [5.74, 6) is 0.295. The number of hydrogen-bond donors (Lipinski definition) is 1. The molecule has 1 amide bonds. The Kier molecular flexibility index (Phi) is 11.3. The lowest BCUT2D eigenvalue weighted by Crippen LogP contribution is -2.18. The molecule has 1 N–H and O–H groups in total. The smallest absolute Gasteiger partial charge is 0.347 e. The molecule has 0 fully saturated rings. The summed E-state index contributed by atoms with van der Waals surface area (Å²) in [6.45, 7) is 7.61. The Morgan fingerprint density at radius 3 is 2.66 bits per heavy atom. The molecule has 5 nitrogen and oxygen atoms in total. The van der Waals surface area contributed by atoms with Gasteiger partial charge >= 0.3 is 5.63 Å². The predicted molar refractivity (Wildman–Crippen MR) is 117 cm³/mol. The predicted octanol–water partition coefficient (Wildman–Crippen LogP) is 5.36. The maximum Gasteiger partial charge on any atom is 0.347 e. The van der Waals surface area contributed by atoms with Crippen molar-refractivity contribution < 1.29 is 14.0 Å². The third-order valence-corrected chi connectivity index (χ3v) is 4.74. The lowest BCUT2D eigenvalue weighted by atomic mass is 9.97. The molecule has 0 aliphatic carbocycles. The summed E-state index contributed by atoms with van der Waals surface area (Å²) in [5, 5.41) is 2.46. The van der Waals surface area contributed by atoms with E-state index in [-0.39, 0.29) is 17.3 Å². The van der Waals surface area contributed by atoms with Crippen LogP contribution in [-0.2, 0) is 4.79 Å². The van der Waals surface area contributed by atoms with Crippen molar-refractivity contribution in [2.75, 3.05) is 0 Å². The molecule has 0 saturated carbocycles. The number of carbonyl (C=O) groups excluding carboxylic acids is 2. The number of Topliss-reactive ketones (excluding diaryl/α,β-unsaturated/α-hetero) is 1. The summed E-state index contributed by atoms with van der Waals surface area (Å²) in [5.41, 5.74) is 0.658. The molecule has 1 unspecified atom stereocenters. The average Bonchev–Trinajstić information content (AvgIpc) is 2.69. The van der Waals surface area contributed by atoms with Crippen LogP contribution < -0.4 is 10.9 Å². The Labute approximate surface area is 173 Å². The van der Waals surface area contributed by atoms with Gasteiger partial charge in [0.2, 0.25) is 6.41 Å². The highest BCUT2D eigenvalue weighted by Gasteiger charge is 2.19. The highest BCUT2D eigenvalue weighted by atomic mass is 16.4. The van der Waals surface area contributed by atoms with E-state index in [9.17, 15) is 14.4 Å². The number of nitrogens with one attached hydrogen (secondary N) is 1. The Hall–Kier alpha value is -2.69. The van der Waals surface area contributed by atoms with E-state index in [0.717, 1.165) is 25.7 Å².